The predicted molar refractivity (Wildman–Crippen MR) is 183 cm³/mol. The number of halogens is 6. The normalized spacial score (nSPS) is 15.1. The van der Waals surface area contributed by atoms with Gasteiger partial charge in [0.05, 0.1) is 11.1 Å². The summed E-state index contributed by atoms with van der Waals surface area (Å²) < 4.78 is 17.2. The average molecular weight is 1140 g/mol. The van der Waals surface area contributed by atoms with Gasteiger partial charge >= 0.3 is 11.9 Å². The van der Waals surface area contributed by atoms with Crippen LogP contribution >= 0.6 is 136 Å². The molecule has 12 heteroatoms. The highest BCUT2D eigenvalue weighted by molar-refractivity contribution is 14.1. The SMILES string of the molecule is O=C(OC(CCN1CCNCC1)COC(=O)c1c(I)ccc(I)c1I)c1cc(I)cc(I)c1I. The van der Waals surface area contributed by atoms with Gasteiger partial charge in [-0.3, -0.25) is 0 Å². The molecule has 184 valence electrons. The molecule has 2 aromatic rings. The third kappa shape index (κ3) is 8.60. The smallest absolute Gasteiger partial charge is 0.340 e. The number of piperazine rings is 1. The summed E-state index contributed by atoms with van der Waals surface area (Å²) in [4.78, 5) is 28.4. The first kappa shape index (κ1) is 30.2. The molecule has 0 amide bonds. The lowest BCUT2D eigenvalue weighted by atomic mass is 10.2. The van der Waals surface area contributed by atoms with Crippen LogP contribution in [0.15, 0.2) is 24.3 Å². The molecule has 34 heavy (non-hydrogen) atoms. The van der Waals surface area contributed by atoms with E-state index < -0.39 is 12.1 Å². The standard InChI is InChI=1S/C22H20I6N2O4/c23-12-9-14(19(27)17(26)10-12)21(31)34-13(3-6-30-7-4-29-5-8-30)11-33-22(32)18-15(24)1-2-16(25)20(18)28/h1-2,9-10,13,29H,3-8,11H2. The number of rotatable bonds is 8. The summed E-state index contributed by atoms with van der Waals surface area (Å²) in [6.07, 6.45) is 0.0627. The summed E-state index contributed by atoms with van der Waals surface area (Å²) >= 11 is 13.1. The van der Waals surface area contributed by atoms with Crippen molar-refractivity contribution >= 4 is 147 Å². The Morgan fingerprint density at radius 2 is 1.59 bits per heavy atom. The number of hydrogen-bond acceptors (Lipinski definition) is 6. The van der Waals surface area contributed by atoms with E-state index in [1.807, 2.05) is 24.3 Å². The number of carbonyl (C=O) groups excluding carboxylic acids is 2. The first-order valence-corrected chi connectivity index (χ1v) is 16.7. The molecule has 1 atom stereocenters. The molecule has 1 N–H and O–H groups in total. The quantitative estimate of drug-likeness (QED) is 0.199. The van der Waals surface area contributed by atoms with Crippen molar-refractivity contribution < 1.29 is 19.1 Å². The van der Waals surface area contributed by atoms with Crippen LogP contribution in [0.3, 0.4) is 0 Å². The van der Waals surface area contributed by atoms with E-state index in [4.69, 9.17) is 9.47 Å². The highest BCUT2D eigenvalue weighted by Crippen LogP contribution is 2.26. The maximum absolute atomic E-state index is 13.1. The molecule has 1 saturated heterocycles. The van der Waals surface area contributed by atoms with Crippen LogP contribution in [-0.2, 0) is 9.47 Å². The van der Waals surface area contributed by atoms with Crippen molar-refractivity contribution in [3.05, 3.63) is 56.8 Å². The summed E-state index contributed by atoms with van der Waals surface area (Å²) in [5, 5.41) is 3.35. The average Bonchev–Trinajstić information content (AvgIpc) is 2.81. The zero-order valence-electron chi connectivity index (χ0n) is 17.7. The van der Waals surface area contributed by atoms with Gasteiger partial charge in [-0.05, 0) is 160 Å². The Morgan fingerprint density at radius 1 is 0.912 bits per heavy atom. The number of hydrogen-bond donors (Lipinski definition) is 1. The minimum absolute atomic E-state index is 0.0197. The maximum atomic E-state index is 13.1. The molecule has 1 unspecified atom stereocenters. The van der Waals surface area contributed by atoms with E-state index in [2.05, 4.69) is 146 Å². The van der Waals surface area contributed by atoms with Crippen molar-refractivity contribution in [3.8, 4) is 0 Å². The molecule has 1 aliphatic rings. The zero-order valence-corrected chi connectivity index (χ0v) is 30.6. The Kier molecular flexibility index (Phi) is 13.1. The fourth-order valence-electron chi connectivity index (χ4n) is 3.31. The van der Waals surface area contributed by atoms with Crippen molar-refractivity contribution in [2.24, 2.45) is 0 Å². The molecule has 0 saturated carbocycles. The van der Waals surface area contributed by atoms with Crippen molar-refractivity contribution in [3.63, 3.8) is 0 Å². The van der Waals surface area contributed by atoms with Gasteiger partial charge in [-0.15, -0.1) is 0 Å². The lowest BCUT2D eigenvalue weighted by Crippen LogP contribution is -2.44. The molecular formula is C22H20I6N2O4. The Balaban J connectivity index is 1.73. The molecule has 0 radical (unpaired) electrons. The highest BCUT2D eigenvalue weighted by Gasteiger charge is 2.24. The van der Waals surface area contributed by atoms with Crippen LogP contribution in [0.25, 0.3) is 0 Å². The van der Waals surface area contributed by atoms with Gasteiger partial charge in [0.2, 0.25) is 0 Å². The number of esters is 2. The van der Waals surface area contributed by atoms with Crippen molar-refractivity contribution in [2.75, 3.05) is 39.3 Å². The van der Waals surface area contributed by atoms with Gasteiger partial charge in [0.1, 0.15) is 12.7 Å². The van der Waals surface area contributed by atoms with E-state index in [0.29, 0.717) is 17.5 Å². The molecule has 0 bridgehead atoms. The maximum Gasteiger partial charge on any atom is 0.340 e. The molecule has 1 fully saturated rings. The largest absolute Gasteiger partial charge is 0.458 e. The lowest BCUT2D eigenvalue weighted by Gasteiger charge is -2.28. The summed E-state index contributed by atoms with van der Waals surface area (Å²) in [6.45, 7) is 4.59. The van der Waals surface area contributed by atoms with Gasteiger partial charge in [0, 0.05) is 60.6 Å². The molecule has 0 aromatic heterocycles. The van der Waals surface area contributed by atoms with Crippen molar-refractivity contribution in [2.45, 2.75) is 12.5 Å². The van der Waals surface area contributed by atoms with E-state index in [1.165, 1.54) is 0 Å². The number of ether oxygens (including phenoxy) is 2. The second-order valence-corrected chi connectivity index (χ2v) is 14.4. The fraction of sp³-hybridized carbons (Fsp3) is 0.364. The van der Waals surface area contributed by atoms with E-state index in [-0.39, 0.29) is 12.6 Å². The number of benzene rings is 2. The number of nitrogens with zero attached hydrogens (tertiary/aromatic N) is 1. The van der Waals surface area contributed by atoms with Crippen LogP contribution in [0.2, 0.25) is 0 Å². The summed E-state index contributed by atoms with van der Waals surface area (Å²) in [7, 11) is 0. The van der Waals surface area contributed by atoms with Gasteiger partial charge in [-0.2, -0.15) is 0 Å². The van der Waals surface area contributed by atoms with Gasteiger partial charge in [-0.1, -0.05) is 0 Å². The highest BCUT2D eigenvalue weighted by atomic mass is 127. The predicted octanol–water partition coefficient (Wildman–Crippen LogP) is 5.99. The summed E-state index contributed by atoms with van der Waals surface area (Å²) in [5.41, 5.74) is 1.10. The van der Waals surface area contributed by atoms with Crippen LogP contribution in [0.4, 0.5) is 0 Å². The third-order valence-electron chi connectivity index (χ3n) is 5.11. The molecule has 0 aliphatic carbocycles. The number of nitrogens with one attached hydrogen (secondary N) is 1. The Bertz CT molecular complexity index is 1060. The molecule has 6 nitrogen and oxygen atoms in total. The molecule has 0 spiro atoms. The van der Waals surface area contributed by atoms with Crippen LogP contribution in [0.1, 0.15) is 27.1 Å². The van der Waals surface area contributed by atoms with Gasteiger partial charge in [0.25, 0.3) is 0 Å². The topological polar surface area (TPSA) is 67.9 Å². The zero-order chi connectivity index (χ0) is 24.8. The Labute approximate surface area is 281 Å². The molecule has 3 rings (SSSR count). The first-order valence-electron chi connectivity index (χ1n) is 10.3. The number of carbonyl (C=O) groups is 2. The van der Waals surface area contributed by atoms with E-state index in [9.17, 15) is 9.59 Å². The van der Waals surface area contributed by atoms with Gasteiger partial charge in [-0.25, -0.2) is 9.59 Å². The second-order valence-electron chi connectivity index (χ2n) is 7.47. The molecular weight excluding hydrogens is 1120 g/mol. The van der Waals surface area contributed by atoms with E-state index in [1.54, 1.807) is 0 Å². The van der Waals surface area contributed by atoms with Crippen molar-refractivity contribution in [1.29, 1.82) is 0 Å². The molecule has 1 heterocycles. The van der Waals surface area contributed by atoms with Crippen LogP contribution in [0, 0.1) is 21.4 Å². The third-order valence-corrected chi connectivity index (χ3v) is 12.7. The summed E-state index contributed by atoms with van der Waals surface area (Å²) in [5.74, 6) is -0.783. The molecule has 2 aromatic carbocycles. The van der Waals surface area contributed by atoms with Crippen LogP contribution in [0.5, 0.6) is 0 Å². The van der Waals surface area contributed by atoms with E-state index >= 15 is 0 Å². The second kappa shape index (κ2) is 14.7. The van der Waals surface area contributed by atoms with E-state index in [0.717, 1.165) is 54.1 Å². The minimum atomic E-state index is -0.532. The van der Waals surface area contributed by atoms with Crippen molar-refractivity contribution in [1.82, 2.24) is 10.2 Å². The van der Waals surface area contributed by atoms with Gasteiger partial charge in [0.15, 0.2) is 0 Å². The molecule has 1 aliphatic heterocycles. The van der Waals surface area contributed by atoms with Gasteiger partial charge < -0.3 is 19.7 Å². The van der Waals surface area contributed by atoms with Crippen LogP contribution < -0.4 is 5.32 Å². The minimum Gasteiger partial charge on any atom is -0.458 e. The summed E-state index contributed by atoms with van der Waals surface area (Å²) in [6, 6.07) is 7.74. The Hall–Kier alpha value is 1.68. The first-order chi connectivity index (χ1) is 16.2. The Morgan fingerprint density at radius 3 is 2.29 bits per heavy atom. The van der Waals surface area contributed by atoms with Crippen LogP contribution in [-0.4, -0.2) is 62.3 Å². The monoisotopic (exact) mass is 1140 g/mol. The fourth-order valence-corrected chi connectivity index (χ4v) is 8.01. The lowest BCUT2D eigenvalue weighted by molar-refractivity contribution is -0.00567.